The molecule has 3 rings (SSSR count). The summed E-state index contributed by atoms with van der Waals surface area (Å²) >= 11 is 0. The molecule has 0 spiro atoms. The van der Waals surface area contributed by atoms with Crippen LogP contribution < -0.4 is 15.5 Å². The van der Waals surface area contributed by atoms with Crippen LogP contribution in [0.1, 0.15) is 23.6 Å². The summed E-state index contributed by atoms with van der Waals surface area (Å²) in [5.74, 6) is -0.0962. The maximum Gasteiger partial charge on any atom is 0.319 e. The highest BCUT2D eigenvalue weighted by Gasteiger charge is 2.28. The largest absolute Gasteiger partial charge is 0.326 e. The number of nitrogens with zero attached hydrogens (tertiary/aromatic N) is 1. The van der Waals surface area contributed by atoms with Crippen molar-refractivity contribution in [3.8, 4) is 0 Å². The van der Waals surface area contributed by atoms with Gasteiger partial charge < -0.3 is 15.5 Å². The zero-order valence-corrected chi connectivity index (χ0v) is 14.8. The van der Waals surface area contributed by atoms with E-state index < -0.39 is 6.04 Å². The number of aryl methyl sites for hydroxylation is 1. The molecular weight excluding hydrogens is 314 g/mol. The van der Waals surface area contributed by atoms with Crippen LogP contribution >= 0.6 is 0 Å². The second kappa shape index (κ2) is 6.97. The highest BCUT2D eigenvalue weighted by Crippen LogP contribution is 2.27. The quantitative estimate of drug-likeness (QED) is 0.902. The summed E-state index contributed by atoms with van der Waals surface area (Å²) in [6.45, 7) is 6.32. The lowest BCUT2D eigenvalue weighted by molar-refractivity contribution is -0.119. The van der Waals surface area contributed by atoms with Crippen LogP contribution in [0, 0.1) is 13.8 Å². The van der Waals surface area contributed by atoms with E-state index in [0.29, 0.717) is 6.54 Å². The SMILES string of the molecule is Cc1cccc(NC(=O)N[C@H](C)C(=O)N2CCc3ccccc32)c1C. The Kier molecular flexibility index (Phi) is 4.74. The number of anilines is 2. The summed E-state index contributed by atoms with van der Waals surface area (Å²) in [5.41, 5.74) is 4.99. The summed E-state index contributed by atoms with van der Waals surface area (Å²) in [7, 11) is 0. The maximum absolute atomic E-state index is 12.7. The van der Waals surface area contributed by atoms with Crippen LogP contribution in [-0.4, -0.2) is 24.5 Å². The first kappa shape index (κ1) is 17.0. The minimum atomic E-state index is -0.601. The van der Waals surface area contributed by atoms with E-state index in [4.69, 9.17) is 0 Å². The van der Waals surface area contributed by atoms with Crippen LogP contribution in [0.15, 0.2) is 42.5 Å². The lowest BCUT2D eigenvalue weighted by Crippen LogP contribution is -2.47. The molecule has 1 aliphatic rings. The van der Waals surface area contributed by atoms with Crippen LogP contribution in [0.5, 0.6) is 0 Å². The molecule has 2 N–H and O–H groups in total. The average molecular weight is 337 g/mol. The first-order valence-corrected chi connectivity index (χ1v) is 8.50. The van der Waals surface area contributed by atoms with E-state index in [0.717, 1.165) is 28.9 Å². The summed E-state index contributed by atoms with van der Waals surface area (Å²) in [6, 6.07) is 12.7. The Morgan fingerprint density at radius 2 is 1.84 bits per heavy atom. The lowest BCUT2D eigenvalue weighted by Gasteiger charge is -2.22. The number of hydrogen-bond acceptors (Lipinski definition) is 2. The van der Waals surface area contributed by atoms with Gasteiger partial charge in [0.05, 0.1) is 0 Å². The fourth-order valence-corrected chi connectivity index (χ4v) is 3.10. The number of benzene rings is 2. The predicted octanol–water partition coefficient (Wildman–Crippen LogP) is 3.40. The van der Waals surface area contributed by atoms with Crippen molar-refractivity contribution in [3.63, 3.8) is 0 Å². The molecule has 2 aromatic carbocycles. The van der Waals surface area contributed by atoms with Crippen molar-refractivity contribution in [2.75, 3.05) is 16.8 Å². The molecule has 0 aromatic heterocycles. The van der Waals surface area contributed by atoms with Gasteiger partial charge in [0.25, 0.3) is 0 Å². The van der Waals surface area contributed by atoms with Gasteiger partial charge in [0.15, 0.2) is 0 Å². The van der Waals surface area contributed by atoms with Gasteiger partial charge in [0, 0.05) is 17.9 Å². The monoisotopic (exact) mass is 337 g/mol. The van der Waals surface area contributed by atoms with Crippen LogP contribution in [0.3, 0.4) is 0 Å². The minimum Gasteiger partial charge on any atom is -0.326 e. The average Bonchev–Trinajstić information content (AvgIpc) is 3.02. The zero-order chi connectivity index (χ0) is 18.0. The Labute approximate surface area is 148 Å². The van der Waals surface area contributed by atoms with Crippen molar-refractivity contribution in [2.45, 2.75) is 33.2 Å². The van der Waals surface area contributed by atoms with Gasteiger partial charge in [0.2, 0.25) is 5.91 Å². The van der Waals surface area contributed by atoms with Gasteiger partial charge in [-0.1, -0.05) is 30.3 Å². The number of rotatable bonds is 3. The predicted molar refractivity (Wildman–Crippen MR) is 100 cm³/mol. The van der Waals surface area contributed by atoms with Crippen LogP contribution in [0.2, 0.25) is 0 Å². The molecule has 0 bridgehead atoms. The zero-order valence-electron chi connectivity index (χ0n) is 14.8. The van der Waals surface area contributed by atoms with Crippen LogP contribution in [-0.2, 0) is 11.2 Å². The number of nitrogens with one attached hydrogen (secondary N) is 2. The smallest absolute Gasteiger partial charge is 0.319 e. The van der Waals surface area contributed by atoms with Crippen molar-refractivity contribution in [1.82, 2.24) is 5.32 Å². The van der Waals surface area contributed by atoms with Crippen molar-refractivity contribution in [1.29, 1.82) is 0 Å². The molecule has 5 heteroatoms. The molecule has 0 fully saturated rings. The normalized spacial score (nSPS) is 14.0. The Bertz CT molecular complexity index is 816. The summed E-state index contributed by atoms with van der Waals surface area (Å²) < 4.78 is 0. The van der Waals surface area contributed by atoms with E-state index in [1.807, 2.05) is 56.3 Å². The second-order valence-corrected chi connectivity index (χ2v) is 6.44. The Morgan fingerprint density at radius 3 is 2.64 bits per heavy atom. The van der Waals surface area contributed by atoms with E-state index in [9.17, 15) is 9.59 Å². The molecule has 1 aliphatic heterocycles. The van der Waals surface area contributed by atoms with Crippen molar-refractivity contribution in [3.05, 3.63) is 59.2 Å². The number of fused-ring (bicyclic) bond motifs is 1. The van der Waals surface area contributed by atoms with E-state index >= 15 is 0 Å². The Morgan fingerprint density at radius 1 is 1.08 bits per heavy atom. The molecule has 1 heterocycles. The number of amides is 3. The molecule has 130 valence electrons. The summed E-state index contributed by atoms with van der Waals surface area (Å²) in [6.07, 6.45) is 0.851. The molecule has 1 atom stereocenters. The molecule has 0 saturated carbocycles. The standard InChI is InChI=1S/C20H23N3O2/c1-13-7-6-9-17(14(13)2)22-20(25)21-15(3)19(24)23-12-11-16-8-4-5-10-18(16)23/h4-10,15H,11-12H2,1-3H3,(H2,21,22,25)/t15-/m1/s1. The third kappa shape index (κ3) is 3.50. The molecule has 2 aromatic rings. The van der Waals surface area contributed by atoms with Crippen LogP contribution in [0.4, 0.5) is 16.2 Å². The third-order valence-electron chi connectivity index (χ3n) is 4.72. The lowest BCUT2D eigenvalue weighted by atomic mass is 10.1. The van der Waals surface area contributed by atoms with E-state index in [1.54, 1.807) is 11.8 Å². The fourth-order valence-electron chi connectivity index (χ4n) is 3.10. The highest BCUT2D eigenvalue weighted by molar-refractivity contribution is 6.01. The van der Waals surface area contributed by atoms with E-state index in [2.05, 4.69) is 10.6 Å². The van der Waals surface area contributed by atoms with Gasteiger partial charge in [-0.25, -0.2) is 4.79 Å². The van der Waals surface area contributed by atoms with Gasteiger partial charge in [0.1, 0.15) is 6.04 Å². The molecule has 3 amide bonds. The van der Waals surface area contributed by atoms with Gasteiger partial charge >= 0.3 is 6.03 Å². The van der Waals surface area contributed by atoms with Crippen molar-refractivity contribution < 1.29 is 9.59 Å². The number of para-hydroxylation sites is 1. The first-order chi connectivity index (χ1) is 12.0. The van der Waals surface area contributed by atoms with Crippen LogP contribution in [0.25, 0.3) is 0 Å². The molecule has 25 heavy (non-hydrogen) atoms. The van der Waals surface area contributed by atoms with Gasteiger partial charge in [-0.3, -0.25) is 4.79 Å². The minimum absolute atomic E-state index is 0.0962. The van der Waals surface area contributed by atoms with Crippen molar-refractivity contribution in [2.24, 2.45) is 0 Å². The third-order valence-corrected chi connectivity index (χ3v) is 4.72. The van der Waals surface area contributed by atoms with Gasteiger partial charge in [-0.2, -0.15) is 0 Å². The molecule has 0 aliphatic carbocycles. The maximum atomic E-state index is 12.7. The Balaban J connectivity index is 1.64. The van der Waals surface area contributed by atoms with Gasteiger partial charge in [-0.05, 0) is 56.0 Å². The van der Waals surface area contributed by atoms with Crippen molar-refractivity contribution >= 4 is 23.3 Å². The summed E-state index contributed by atoms with van der Waals surface area (Å²) in [5, 5.41) is 5.57. The fraction of sp³-hybridized carbons (Fsp3) is 0.300. The Hall–Kier alpha value is -2.82. The number of carbonyl (C=O) groups excluding carboxylic acids is 2. The first-order valence-electron chi connectivity index (χ1n) is 8.50. The molecule has 5 nitrogen and oxygen atoms in total. The molecule has 0 unspecified atom stereocenters. The highest BCUT2D eigenvalue weighted by atomic mass is 16.2. The number of urea groups is 1. The molecular formula is C20H23N3O2. The van der Waals surface area contributed by atoms with Gasteiger partial charge in [-0.15, -0.1) is 0 Å². The second-order valence-electron chi connectivity index (χ2n) is 6.44. The topological polar surface area (TPSA) is 61.4 Å². The van der Waals surface area contributed by atoms with E-state index in [-0.39, 0.29) is 11.9 Å². The molecule has 0 radical (unpaired) electrons. The summed E-state index contributed by atoms with van der Waals surface area (Å²) in [4.78, 5) is 26.7. The molecule has 0 saturated heterocycles. The van der Waals surface area contributed by atoms with E-state index in [1.165, 1.54) is 5.56 Å². The number of hydrogen-bond donors (Lipinski definition) is 2. The number of carbonyl (C=O) groups is 2.